The van der Waals surface area contributed by atoms with Crippen molar-refractivity contribution >= 4 is 17.8 Å². The van der Waals surface area contributed by atoms with E-state index in [1.807, 2.05) is 6.92 Å². The summed E-state index contributed by atoms with van der Waals surface area (Å²) in [6.07, 6.45) is 1.15. The summed E-state index contributed by atoms with van der Waals surface area (Å²) in [4.78, 5) is 22.8. The summed E-state index contributed by atoms with van der Waals surface area (Å²) >= 11 is 0. The summed E-state index contributed by atoms with van der Waals surface area (Å²) in [5.74, 6) is -1.10. The van der Waals surface area contributed by atoms with Crippen LogP contribution >= 0.6 is 0 Å². The van der Waals surface area contributed by atoms with Gasteiger partial charge in [0, 0.05) is 6.07 Å². The number of amides is 1. The van der Waals surface area contributed by atoms with E-state index in [-0.39, 0.29) is 18.3 Å². The highest BCUT2D eigenvalue weighted by atomic mass is 16.5. The lowest BCUT2D eigenvalue weighted by Gasteiger charge is -2.25. The first-order valence-corrected chi connectivity index (χ1v) is 6.09. The molecule has 0 aliphatic heterocycles. The number of hydrogen-bond acceptors (Lipinski definition) is 5. The number of carboxylic acids is 1. The van der Waals surface area contributed by atoms with Crippen molar-refractivity contribution in [2.24, 2.45) is 0 Å². The minimum absolute atomic E-state index is 0.109. The van der Waals surface area contributed by atoms with Crippen molar-refractivity contribution in [1.29, 1.82) is 0 Å². The Kier molecular flexibility index (Phi) is 5.05. The van der Waals surface area contributed by atoms with Crippen LogP contribution in [0.1, 0.15) is 32.4 Å². The van der Waals surface area contributed by atoms with Crippen LogP contribution in [0.25, 0.3) is 0 Å². The summed E-state index contributed by atoms with van der Waals surface area (Å²) in [5.41, 5.74) is -0.451. The smallest absolute Gasteiger partial charge is 0.323 e. The molecule has 1 aromatic rings. The lowest BCUT2D eigenvalue weighted by molar-refractivity contribution is -0.144. The van der Waals surface area contributed by atoms with Crippen molar-refractivity contribution < 1.29 is 19.2 Å². The Hall–Kier alpha value is -1.89. The number of aryl methyl sites for hydroxylation is 1. The quantitative estimate of drug-likeness (QED) is 0.686. The summed E-state index contributed by atoms with van der Waals surface area (Å²) < 4.78 is 4.84. The largest absolute Gasteiger partial charge is 0.480 e. The van der Waals surface area contributed by atoms with Crippen molar-refractivity contribution in [3.8, 4) is 0 Å². The number of carbonyl (C=O) groups excluding carboxylic acids is 1. The lowest BCUT2D eigenvalue weighted by Crippen LogP contribution is -2.51. The van der Waals surface area contributed by atoms with Gasteiger partial charge in [-0.2, -0.15) is 0 Å². The average Bonchev–Trinajstić information content (AvgIpc) is 2.72. The van der Waals surface area contributed by atoms with Gasteiger partial charge in [0.25, 0.3) is 0 Å². The third kappa shape index (κ3) is 4.36. The van der Waals surface area contributed by atoms with E-state index in [1.165, 1.54) is 0 Å². The molecule has 0 fully saturated rings. The van der Waals surface area contributed by atoms with Crippen LogP contribution in [0.5, 0.6) is 0 Å². The molecule has 0 aliphatic carbocycles. The van der Waals surface area contributed by atoms with Crippen LogP contribution in [-0.2, 0) is 9.59 Å². The molecule has 7 heteroatoms. The molecule has 0 aromatic carbocycles. The summed E-state index contributed by atoms with van der Waals surface area (Å²) in [6, 6.07) is 1.58. The number of hydrogen-bond donors (Lipinski definition) is 3. The van der Waals surface area contributed by atoms with E-state index in [0.29, 0.717) is 18.5 Å². The summed E-state index contributed by atoms with van der Waals surface area (Å²) in [6.45, 7) is 5.08. The molecule has 3 N–H and O–H groups in total. The van der Waals surface area contributed by atoms with Gasteiger partial charge in [-0.3, -0.25) is 20.2 Å². The Bertz CT molecular complexity index is 458. The van der Waals surface area contributed by atoms with Crippen molar-refractivity contribution in [1.82, 2.24) is 10.5 Å². The van der Waals surface area contributed by atoms with Crippen molar-refractivity contribution in [2.75, 3.05) is 11.9 Å². The van der Waals surface area contributed by atoms with E-state index >= 15 is 0 Å². The molecule has 1 aromatic heterocycles. The van der Waals surface area contributed by atoms with Crippen molar-refractivity contribution in [2.45, 2.75) is 39.2 Å². The van der Waals surface area contributed by atoms with Crippen LogP contribution in [-0.4, -0.2) is 34.2 Å². The van der Waals surface area contributed by atoms with Gasteiger partial charge in [0.1, 0.15) is 5.54 Å². The Labute approximate surface area is 111 Å². The maximum Gasteiger partial charge on any atom is 0.323 e. The van der Waals surface area contributed by atoms with Gasteiger partial charge < -0.3 is 9.63 Å². The van der Waals surface area contributed by atoms with E-state index in [2.05, 4.69) is 15.8 Å². The van der Waals surface area contributed by atoms with Gasteiger partial charge >= 0.3 is 5.97 Å². The maximum absolute atomic E-state index is 11.6. The zero-order chi connectivity index (χ0) is 14.5. The Balaban J connectivity index is 2.50. The van der Waals surface area contributed by atoms with Crippen molar-refractivity contribution in [3.05, 3.63) is 11.8 Å². The normalized spacial score (nSPS) is 13.8. The minimum atomic E-state index is -1.11. The molecular formula is C12H19N3O4. The lowest BCUT2D eigenvalue weighted by atomic mass is 9.96. The Morgan fingerprint density at radius 1 is 1.53 bits per heavy atom. The number of aliphatic carboxylic acids is 1. The van der Waals surface area contributed by atoms with Crippen LogP contribution in [0.3, 0.4) is 0 Å². The van der Waals surface area contributed by atoms with E-state index < -0.39 is 11.5 Å². The first-order chi connectivity index (χ1) is 8.87. The molecule has 0 saturated heterocycles. The molecule has 0 bridgehead atoms. The fourth-order valence-corrected chi connectivity index (χ4v) is 1.65. The zero-order valence-corrected chi connectivity index (χ0v) is 11.3. The van der Waals surface area contributed by atoms with Gasteiger partial charge in [-0.1, -0.05) is 18.5 Å². The second-order valence-electron chi connectivity index (χ2n) is 4.62. The molecule has 1 heterocycles. The summed E-state index contributed by atoms with van der Waals surface area (Å²) in [5, 5.41) is 18.0. The molecule has 0 radical (unpaired) electrons. The van der Waals surface area contributed by atoms with Gasteiger partial charge in [0.15, 0.2) is 0 Å². The minimum Gasteiger partial charge on any atom is -0.480 e. The number of anilines is 1. The van der Waals surface area contributed by atoms with Crippen LogP contribution in [0.4, 0.5) is 5.88 Å². The predicted octanol–water partition coefficient (Wildman–Crippen LogP) is 1.15. The number of nitrogens with one attached hydrogen (secondary N) is 2. The second kappa shape index (κ2) is 6.33. The highest BCUT2D eigenvalue weighted by molar-refractivity contribution is 5.91. The van der Waals surface area contributed by atoms with Crippen LogP contribution < -0.4 is 10.6 Å². The van der Waals surface area contributed by atoms with Gasteiger partial charge in [-0.25, -0.2) is 0 Å². The van der Waals surface area contributed by atoms with Gasteiger partial charge in [0.2, 0.25) is 11.8 Å². The van der Waals surface area contributed by atoms with Crippen LogP contribution in [0.2, 0.25) is 0 Å². The van der Waals surface area contributed by atoms with Crippen LogP contribution in [0, 0.1) is 6.92 Å². The van der Waals surface area contributed by atoms with E-state index in [0.717, 1.165) is 0 Å². The molecular weight excluding hydrogens is 250 g/mol. The van der Waals surface area contributed by atoms with E-state index in [1.54, 1.807) is 19.9 Å². The molecule has 7 nitrogen and oxygen atoms in total. The van der Waals surface area contributed by atoms with Gasteiger partial charge in [-0.15, -0.1) is 0 Å². The van der Waals surface area contributed by atoms with Gasteiger partial charge in [-0.05, 0) is 20.3 Å². The van der Waals surface area contributed by atoms with Gasteiger partial charge in [0.05, 0.1) is 12.2 Å². The number of aromatic nitrogens is 1. The fraction of sp³-hybridized carbons (Fsp3) is 0.583. The second-order valence-corrected chi connectivity index (χ2v) is 4.62. The SMILES string of the molecule is CCCC(C)(NCC(=O)Nc1cc(C)no1)C(=O)O. The molecule has 1 unspecified atom stereocenters. The molecule has 1 rings (SSSR count). The maximum atomic E-state index is 11.6. The number of carboxylic acid groups (broad SMARTS) is 1. The molecule has 0 aliphatic rings. The first kappa shape index (κ1) is 15.2. The zero-order valence-electron chi connectivity index (χ0n) is 11.3. The third-order valence-corrected chi connectivity index (χ3v) is 2.75. The Morgan fingerprint density at radius 3 is 2.68 bits per heavy atom. The molecule has 1 atom stereocenters. The molecule has 1 amide bonds. The molecule has 19 heavy (non-hydrogen) atoms. The number of rotatable bonds is 7. The summed E-state index contributed by atoms with van der Waals surface area (Å²) in [7, 11) is 0. The third-order valence-electron chi connectivity index (χ3n) is 2.75. The average molecular weight is 269 g/mol. The van der Waals surface area contributed by atoms with Crippen molar-refractivity contribution in [3.63, 3.8) is 0 Å². The molecule has 106 valence electrons. The van der Waals surface area contributed by atoms with E-state index in [9.17, 15) is 9.59 Å². The van der Waals surface area contributed by atoms with Crippen LogP contribution in [0.15, 0.2) is 10.6 Å². The van der Waals surface area contributed by atoms with E-state index in [4.69, 9.17) is 9.63 Å². The number of nitrogens with zero attached hydrogens (tertiary/aromatic N) is 1. The topological polar surface area (TPSA) is 104 Å². The Morgan fingerprint density at radius 2 is 2.21 bits per heavy atom. The first-order valence-electron chi connectivity index (χ1n) is 6.09. The molecule has 0 spiro atoms. The number of carbonyl (C=O) groups is 2. The standard InChI is InChI=1S/C12H19N3O4/c1-4-5-12(3,11(17)18)13-7-9(16)14-10-6-8(2)15-19-10/h6,13H,4-5,7H2,1-3H3,(H,14,16)(H,17,18). The highest BCUT2D eigenvalue weighted by Gasteiger charge is 2.32. The highest BCUT2D eigenvalue weighted by Crippen LogP contribution is 2.12. The fourth-order valence-electron chi connectivity index (χ4n) is 1.65. The predicted molar refractivity (Wildman–Crippen MR) is 68.8 cm³/mol. The monoisotopic (exact) mass is 269 g/mol. The molecule has 0 saturated carbocycles.